The molecule has 1 fully saturated rings. The van der Waals surface area contributed by atoms with Crippen molar-refractivity contribution in [2.24, 2.45) is 0 Å². The molecule has 1 aromatic heterocycles. The summed E-state index contributed by atoms with van der Waals surface area (Å²) in [4.78, 5) is 6.90. The van der Waals surface area contributed by atoms with Crippen molar-refractivity contribution in [2.75, 3.05) is 32.8 Å². The average molecular weight is 293 g/mol. The van der Waals surface area contributed by atoms with Gasteiger partial charge in [0.15, 0.2) is 0 Å². The molecule has 0 unspecified atom stereocenters. The lowest BCUT2D eigenvalue weighted by Gasteiger charge is -2.26. The molecule has 0 aliphatic carbocycles. The van der Waals surface area contributed by atoms with Crippen molar-refractivity contribution in [3.05, 3.63) is 35.0 Å². The van der Waals surface area contributed by atoms with E-state index in [1.54, 1.807) is 12.1 Å². The summed E-state index contributed by atoms with van der Waals surface area (Å²) < 4.78 is 5.33. The molecule has 4 nitrogen and oxygen atoms in total. The number of halogens is 1. The van der Waals surface area contributed by atoms with Gasteiger partial charge in [-0.15, -0.1) is 0 Å². The van der Waals surface area contributed by atoms with E-state index in [0.29, 0.717) is 10.5 Å². The zero-order chi connectivity index (χ0) is 13.9. The summed E-state index contributed by atoms with van der Waals surface area (Å²) in [5.41, 5.74) is 1.55. The van der Waals surface area contributed by atoms with Crippen LogP contribution in [0.2, 0.25) is 5.02 Å². The molecule has 1 aliphatic heterocycles. The number of nitrogens with zero attached hydrogens (tertiary/aromatic N) is 2. The van der Waals surface area contributed by atoms with Crippen LogP contribution in [0.25, 0.3) is 10.9 Å². The number of rotatable bonds is 3. The summed E-state index contributed by atoms with van der Waals surface area (Å²) in [6.07, 6.45) is 0.863. The maximum atomic E-state index is 9.89. The molecular weight excluding hydrogens is 276 g/mol. The first-order chi connectivity index (χ1) is 9.74. The van der Waals surface area contributed by atoms with Gasteiger partial charge in [0.25, 0.3) is 0 Å². The molecule has 2 aromatic rings. The number of pyridine rings is 1. The SMILES string of the molecule is Oc1ccc(Cl)c2ccc(CCN3CCOCC3)nc12. The minimum absolute atomic E-state index is 0.178. The van der Waals surface area contributed by atoms with Crippen molar-refractivity contribution in [2.45, 2.75) is 6.42 Å². The number of phenols is 1. The van der Waals surface area contributed by atoms with Crippen molar-refractivity contribution in [1.82, 2.24) is 9.88 Å². The maximum absolute atomic E-state index is 9.89. The second-order valence-corrected chi connectivity index (χ2v) is 5.38. The molecule has 1 aliphatic rings. The van der Waals surface area contributed by atoms with Crippen molar-refractivity contribution in [3.8, 4) is 5.75 Å². The molecule has 2 heterocycles. The van der Waals surface area contributed by atoms with Crippen LogP contribution in [-0.2, 0) is 11.2 Å². The molecule has 0 amide bonds. The van der Waals surface area contributed by atoms with E-state index in [-0.39, 0.29) is 5.75 Å². The quantitative estimate of drug-likeness (QED) is 0.944. The highest BCUT2D eigenvalue weighted by atomic mass is 35.5. The third kappa shape index (κ3) is 2.87. The number of hydrogen-bond acceptors (Lipinski definition) is 4. The highest BCUT2D eigenvalue weighted by Gasteiger charge is 2.11. The third-order valence-corrected chi connectivity index (χ3v) is 3.96. The first-order valence-corrected chi connectivity index (χ1v) is 7.19. The van der Waals surface area contributed by atoms with Crippen LogP contribution in [-0.4, -0.2) is 47.8 Å². The lowest BCUT2D eigenvalue weighted by Crippen LogP contribution is -2.37. The van der Waals surface area contributed by atoms with Crippen LogP contribution in [0.4, 0.5) is 0 Å². The van der Waals surface area contributed by atoms with Gasteiger partial charge in [-0.1, -0.05) is 11.6 Å². The Bertz CT molecular complexity index is 612. The first kappa shape index (κ1) is 13.6. The Balaban J connectivity index is 1.77. The molecule has 106 valence electrons. The van der Waals surface area contributed by atoms with Gasteiger partial charge < -0.3 is 9.84 Å². The molecule has 3 rings (SSSR count). The fraction of sp³-hybridized carbons (Fsp3) is 0.400. The van der Waals surface area contributed by atoms with E-state index in [1.807, 2.05) is 12.1 Å². The van der Waals surface area contributed by atoms with Crippen LogP contribution in [0.3, 0.4) is 0 Å². The van der Waals surface area contributed by atoms with Crippen molar-refractivity contribution < 1.29 is 9.84 Å². The van der Waals surface area contributed by atoms with Gasteiger partial charge in [0.05, 0.1) is 18.2 Å². The summed E-state index contributed by atoms with van der Waals surface area (Å²) in [7, 11) is 0. The molecule has 0 spiro atoms. The number of aromatic hydroxyl groups is 1. The Kier molecular flexibility index (Phi) is 4.05. The second-order valence-electron chi connectivity index (χ2n) is 4.97. The Labute approximate surface area is 122 Å². The van der Waals surface area contributed by atoms with Gasteiger partial charge in [-0.25, -0.2) is 4.98 Å². The molecule has 1 aromatic carbocycles. The number of aromatic nitrogens is 1. The summed E-state index contributed by atoms with van der Waals surface area (Å²) in [5, 5.41) is 11.3. The van der Waals surface area contributed by atoms with Gasteiger partial charge in [0, 0.05) is 37.1 Å². The molecule has 1 N–H and O–H groups in total. The van der Waals surface area contributed by atoms with E-state index in [2.05, 4.69) is 9.88 Å². The van der Waals surface area contributed by atoms with Crippen molar-refractivity contribution >= 4 is 22.5 Å². The van der Waals surface area contributed by atoms with E-state index < -0.39 is 0 Å². The predicted octanol–water partition coefficient (Wildman–Crippen LogP) is 2.47. The fourth-order valence-electron chi connectivity index (χ4n) is 2.45. The zero-order valence-electron chi connectivity index (χ0n) is 11.2. The largest absolute Gasteiger partial charge is 0.506 e. The monoisotopic (exact) mass is 292 g/mol. The maximum Gasteiger partial charge on any atom is 0.141 e. The Hall–Kier alpha value is -1.36. The summed E-state index contributed by atoms with van der Waals surface area (Å²) in [6, 6.07) is 7.19. The normalized spacial score (nSPS) is 16.6. The second kappa shape index (κ2) is 5.95. The number of benzene rings is 1. The van der Waals surface area contributed by atoms with Crippen molar-refractivity contribution in [1.29, 1.82) is 0 Å². The van der Waals surface area contributed by atoms with Crippen LogP contribution in [0.1, 0.15) is 5.69 Å². The van der Waals surface area contributed by atoms with E-state index in [4.69, 9.17) is 16.3 Å². The van der Waals surface area contributed by atoms with Gasteiger partial charge in [0.2, 0.25) is 0 Å². The molecule has 0 bridgehead atoms. The van der Waals surface area contributed by atoms with E-state index in [0.717, 1.165) is 50.3 Å². The highest BCUT2D eigenvalue weighted by Crippen LogP contribution is 2.29. The van der Waals surface area contributed by atoms with Gasteiger partial charge >= 0.3 is 0 Å². The molecule has 5 heteroatoms. The van der Waals surface area contributed by atoms with Gasteiger partial charge in [-0.2, -0.15) is 0 Å². The van der Waals surface area contributed by atoms with E-state index in [1.165, 1.54) is 0 Å². The van der Waals surface area contributed by atoms with Crippen LogP contribution in [0, 0.1) is 0 Å². The molecule has 0 radical (unpaired) electrons. The zero-order valence-corrected chi connectivity index (χ0v) is 11.9. The van der Waals surface area contributed by atoms with Gasteiger partial charge in [-0.05, 0) is 24.3 Å². The third-order valence-electron chi connectivity index (χ3n) is 3.63. The average Bonchev–Trinajstić information content (AvgIpc) is 2.50. The molecule has 1 saturated heterocycles. The highest BCUT2D eigenvalue weighted by molar-refractivity contribution is 6.35. The number of phenolic OH excluding ortho intramolecular Hbond substituents is 1. The van der Waals surface area contributed by atoms with E-state index >= 15 is 0 Å². The topological polar surface area (TPSA) is 45.6 Å². The van der Waals surface area contributed by atoms with Crippen LogP contribution in [0.15, 0.2) is 24.3 Å². The van der Waals surface area contributed by atoms with Crippen molar-refractivity contribution in [3.63, 3.8) is 0 Å². The minimum Gasteiger partial charge on any atom is -0.506 e. The number of fused-ring (bicyclic) bond motifs is 1. The standard InChI is InChI=1S/C15H17ClN2O2/c16-13-3-4-14(19)15-12(13)2-1-11(17-15)5-6-18-7-9-20-10-8-18/h1-4,19H,5-10H2. The molecule has 0 atom stereocenters. The number of morpholine rings is 1. The van der Waals surface area contributed by atoms with Gasteiger partial charge in [-0.3, -0.25) is 4.90 Å². The lowest BCUT2D eigenvalue weighted by atomic mass is 10.1. The number of ether oxygens (including phenoxy) is 1. The van der Waals surface area contributed by atoms with Crippen LogP contribution >= 0.6 is 11.6 Å². The fourth-order valence-corrected chi connectivity index (χ4v) is 2.66. The Morgan fingerprint density at radius 1 is 1.20 bits per heavy atom. The van der Waals surface area contributed by atoms with E-state index in [9.17, 15) is 5.11 Å². The Morgan fingerprint density at radius 3 is 2.80 bits per heavy atom. The summed E-state index contributed by atoms with van der Waals surface area (Å²) in [5.74, 6) is 0.178. The first-order valence-electron chi connectivity index (χ1n) is 6.81. The molecule has 0 saturated carbocycles. The smallest absolute Gasteiger partial charge is 0.141 e. The minimum atomic E-state index is 0.178. The molecule has 20 heavy (non-hydrogen) atoms. The lowest BCUT2D eigenvalue weighted by molar-refractivity contribution is 0.0383. The predicted molar refractivity (Wildman–Crippen MR) is 79.4 cm³/mol. The Morgan fingerprint density at radius 2 is 2.00 bits per heavy atom. The van der Waals surface area contributed by atoms with Crippen LogP contribution < -0.4 is 0 Å². The molecular formula is C15H17ClN2O2. The summed E-state index contributed by atoms with van der Waals surface area (Å²) >= 11 is 6.11. The number of hydrogen-bond donors (Lipinski definition) is 1. The van der Waals surface area contributed by atoms with Crippen LogP contribution in [0.5, 0.6) is 5.75 Å². The van der Waals surface area contributed by atoms with Gasteiger partial charge in [0.1, 0.15) is 11.3 Å². The summed E-state index contributed by atoms with van der Waals surface area (Å²) in [6.45, 7) is 4.53.